The molecule has 0 aliphatic heterocycles. The molecule has 67 heavy (non-hydrogen) atoms. The summed E-state index contributed by atoms with van der Waals surface area (Å²) < 4.78 is 34.4. The molecule has 0 spiro atoms. The maximum absolute atomic E-state index is 17.2. The molecule has 1 aromatic heterocycles. The third-order valence-corrected chi connectivity index (χ3v) is 20.4. The van der Waals surface area contributed by atoms with Gasteiger partial charge in [-0.15, -0.1) is 34.8 Å². The lowest BCUT2D eigenvalue weighted by atomic mass is 9.44. The van der Waals surface area contributed by atoms with Crippen LogP contribution >= 0.6 is 34.8 Å². The van der Waals surface area contributed by atoms with Crippen LogP contribution in [0.5, 0.6) is 0 Å². The number of ketones is 4. The Bertz CT molecular complexity index is 2400. The van der Waals surface area contributed by atoms with Gasteiger partial charge >= 0.3 is 11.9 Å². The molecule has 0 saturated heterocycles. The van der Waals surface area contributed by atoms with Crippen molar-refractivity contribution >= 4 is 69.9 Å². The molecule has 1 aromatic rings. The Hall–Kier alpha value is -3.42. The summed E-state index contributed by atoms with van der Waals surface area (Å²) >= 11 is 19.6. The van der Waals surface area contributed by atoms with E-state index in [9.17, 15) is 39.0 Å². The van der Waals surface area contributed by atoms with E-state index in [2.05, 4.69) is 0 Å². The van der Waals surface area contributed by atoms with Gasteiger partial charge in [-0.2, -0.15) is 0 Å². The highest BCUT2D eigenvalue weighted by atomic mass is 35.5. The van der Waals surface area contributed by atoms with E-state index in [4.69, 9.17) is 48.7 Å². The predicted octanol–water partition coefficient (Wildman–Crippen LogP) is 8.97. The Balaban J connectivity index is 0.000000182. The Morgan fingerprint density at radius 3 is 1.78 bits per heavy atom. The van der Waals surface area contributed by atoms with Crippen LogP contribution in [0.1, 0.15) is 117 Å². The van der Waals surface area contributed by atoms with Crippen molar-refractivity contribution in [3.8, 4) is 0 Å². The Labute approximate surface area is 406 Å². The number of hydrogen-bond donors (Lipinski definition) is 2. The van der Waals surface area contributed by atoms with Crippen LogP contribution in [0.4, 0.5) is 4.39 Å². The number of carbonyl (C=O) groups excluding carboxylic acids is 6. The fraction of sp³-hybridized carbons (Fsp3) is 0.654. The molecule has 1 heterocycles. The molecule has 0 aromatic carbocycles. The molecule has 9 rings (SSSR count). The van der Waals surface area contributed by atoms with Crippen molar-refractivity contribution in [3.63, 3.8) is 0 Å². The number of aliphatic hydroxyl groups is 2. The molecule has 6 fully saturated rings. The standard InChI is InChI=1S/C27H30Cl2O6.C25H32ClFO5/c1-15-11-19-18-7-6-16-12-17(30)8-9-24(16,2)26(18,29)21(31)13-25(19,3)27(15,22(32)14-28)35-23(33)20-5-4-10-34-20;1-5-21(31)32-25(20(30)13-26)14(2)10-18-17-7-6-15-11-16(28)8-9-22(15,3)24(17,27)19(29)12-23(18,25)4/h4-5,8-10,12,15,18-19,21,31H,6-7,11,13-14H2,1-3H3;8-9,11,14,17-19,29H,5-7,10,12-13H2,1-4H3/t15-,18+,19+,21+,24+,25+,26+,27+;14-,17-,18-,19-,22-,23-,24-,25-/m10/s1. The zero-order valence-electron chi connectivity index (χ0n) is 39.2. The van der Waals surface area contributed by atoms with Crippen molar-refractivity contribution in [2.75, 3.05) is 11.8 Å². The fourth-order valence-electron chi connectivity index (χ4n) is 15.8. The third kappa shape index (κ3) is 6.53. The number of furan rings is 1. The van der Waals surface area contributed by atoms with Crippen LogP contribution in [0.3, 0.4) is 0 Å². The molecule has 0 bridgehead atoms. The summed E-state index contributed by atoms with van der Waals surface area (Å²) in [5.41, 5.74) is -7.04. The van der Waals surface area contributed by atoms with E-state index < -0.39 is 73.5 Å². The number of aliphatic hydroxyl groups excluding tert-OH is 2. The van der Waals surface area contributed by atoms with Crippen LogP contribution in [0.2, 0.25) is 0 Å². The molecule has 8 aliphatic carbocycles. The van der Waals surface area contributed by atoms with Gasteiger partial charge in [-0.25, -0.2) is 9.18 Å². The van der Waals surface area contributed by atoms with Gasteiger partial charge in [0.25, 0.3) is 0 Å². The molecule has 0 amide bonds. The first-order chi connectivity index (χ1) is 31.4. The summed E-state index contributed by atoms with van der Waals surface area (Å²) in [5.74, 6) is -4.69. The molecular weight excluding hydrogens is 926 g/mol. The first-order valence-corrected chi connectivity index (χ1v) is 25.1. The van der Waals surface area contributed by atoms with Gasteiger partial charge in [0.15, 0.2) is 40.0 Å². The number of rotatable bonds is 8. The summed E-state index contributed by atoms with van der Waals surface area (Å²) in [6.45, 7) is 12.9. The van der Waals surface area contributed by atoms with Gasteiger partial charge in [0, 0.05) is 45.8 Å². The van der Waals surface area contributed by atoms with Gasteiger partial charge in [-0.05, 0) is 112 Å². The monoisotopic (exact) mass is 986 g/mol. The number of Topliss-reactive ketones (excluding diaryl/α,β-unsaturated/α-hetero) is 2. The minimum Gasteiger partial charge on any atom is -0.457 e. The number of alkyl halides is 4. The molecule has 11 nitrogen and oxygen atoms in total. The van der Waals surface area contributed by atoms with Gasteiger partial charge in [-0.3, -0.25) is 24.0 Å². The summed E-state index contributed by atoms with van der Waals surface area (Å²) in [4.78, 5) is 75.4. The average Bonchev–Trinajstić information content (AvgIpc) is 3.96. The lowest BCUT2D eigenvalue weighted by Crippen LogP contribution is -2.70. The molecule has 0 unspecified atom stereocenters. The lowest BCUT2D eigenvalue weighted by Gasteiger charge is -2.64. The van der Waals surface area contributed by atoms with Crippen LogP contribution in [0, 0.1) is 57.2 Å². The maximum atomic E-state index is 17.2. The lowest BCUT2D eigenvalue weighted by molar-refractivity contribution is -0.227. The van der Waals surface area contributed by atoms with Crippen molar-refractivity contribution in [3.05, 3.63) is 71.8 Å². The van der Waals surface area contributed by atoms with Crippen LogP contribution in [0.25, 0.3) is 0 Å². The second kappa shape index (κ2) is 16.9. The smallest absolute Gasteiger partial charge is 0.375 e. The van der Waals surface area contributed by atoms with E-state index >= 15 is 4.39 Å². The summed E-state index contributed by atoms with van der Waals surface area (Å²) in [5, 5.41) is 23.2. The molecule has 16 atom stereocenters. The molecule has 8 aliphatic rings. The van der Waals surface area contributed by atoms with Crippen molar-refractivity contribution < 1.29 is 57.3 Å². The highest BCUT2D eigenvalue weighted by Gasteiger charge is 2.78. The van der Waals surface area contributed by atoms with Gasteiger partial charge in [0.2, 0.25) is 5.76 Å². The average molecular weight is 988 g/mol. The minimum absolute atomic E-state index is 0.00557. The first kappa shape index (κ1) is 50.0. The number of ether oxygens (including phenoxy) is 2. The van der Waals surface area contributed by atoms with E-state index in [1.165, 1.54) is 30.6 Å². The number of fused-ring (bicyclic) bond motifs is 10. The summed E-state index contributed by atoms with van der Waals surface area (Å²) in [7, 11) is 0. The number of esters is 2. The van der Waals surface area contributed by atoms with E-state index in [1.807, 2.05) is 40.7 Å². The van der Waals surface area contributed by atoms with Crippen LogP contribution < -0.4 is 0 Å². The third-order valence-electron chi connectivity index (χ3n) is 19.0. The quantitative estimate of drug-likeness (QED) is 0.188. The van der Waals surface area contributed by atoms with Gasteiger partial charge < -0.3 is 24.1 Å². The highest BCUT2D eigenvalue weighted by Crippen LogP contribution is 2.74. The number of hydrogen-bond acceptors (Lipinski definition) is 11. The molecule has 15 heteroatoms. The molecule has 0 radical (unpaired) electrons. The molecule has 2 N–H and O–H groups in total. The summed E-state index contributed by atoms with van der Waals surface area (Å²) in [6.07, 6.45) is 12.1. The van der Waals surface area contributed by atoms with Gasteiger partial charge in [-0.1, -0.05) is 64.8 Å². The molecule has 364 valence electrons. The van der Waals surface area contributed by atoms with E-state index in [1.54, 1.807) is 32.1 Å². The van der Waals surface area contributed by atoms with Crippen LogP contribution in [0.15, 0.2) is 70.4 Å². The Morgan fingerprint density at radius 1 is 0.761 bits per heavy atom. The normalized spacial score (nSPS) is 45.6. The second-order valence-corrected chi connectivity index (χ2v) is 22.7. The zero-order valence-corrected chi connectivity index (χ0v) is 41.4. The first-order valence-electron chi connectivity index (χ1n) is 23.7. The topological polar surface area (TPSA) is 174 Å². The van der Waals surface area contributed by atoms with Crippen LogP contribution in [-0.4, -0.2) is 91.0 Å². The highest BCUT2D eigenvalue weighted by molar-refractivity contribution is 6.30. The molecular formula is C52H62Cl3FO11. The van der Waals surface area contributed by atoms with E-state index in [0.29, 0.717) is 44.1 Å². The number of halogens is 4. The van der Waals surface area contributed by atoms with E-state index in [-0.39, 0.29) is 89.5 Å². The summed E-state index contributed by atoms with van der Waals surface area (Å²) in [6, 6.07) is 3.07. The largest absolute Gasteiger partial charge is 0.457 e. The fourth-order valence-corrected chi connectivity index (χ4v) is 16.8. The second-order valence-electron chi connectivity index (χ2n) is 21.6. The SMILES string of the molecule is CCC(=O)O[C@]1(C(=O)CCl)[C@@H](C)C[C@H]2[C@@H]3CCC4=CC(=O)C=C[C@]4(C)[C@@]3(F)[C@@H](O)C[C@@]21C.C[C@@H]1C[C@H]2[C@@H]3CCC4=CC(=O)C=C[C@]4(C)[C@@]3(Cl)[C@@H](O)C[C@]2(C)[C@@]1(OC(=O)c1ccco1)C(=O)CCl. The minimum atomic E-state index is -1.99. The van der Waals surface area contributed by atoms with Gasteiger partial charge in [0.1, 0.15) is 0 Å². The van der Waals surface area contributed by atoms with Crippen molar-refractivity contribution in [2.45, 2.75) is 140 Å². The number of carbonyl (C=O) groups is 6. The van der Waals surface area contributed by atoms with Crippen molar-refractivity contribution in [2.24, 2.45) is 57.2 Å². The van der Waals surface area contributed by atoms with Gasteiger partial charge in [0.05, 0.1) is 35.1 Å². The van der Waals surface area contributed by atoms with E-state index in [0.717, 1.165) is 5.57 Å². The Morgan fingerprint density at radius 2 is 1.25 bits per heavy atom. The van der Waals surface area contributed by atoms with Crippen LogP contribution in [-0.2, 0) is 33.4 Å². The predicted molar refractivity (Wildman–Crippen MR) is 248 cm³/mol. The maximum Gasteiger partial charge on any atom is 0.375 e. The van der Waals surface area contributed by atoms with Crippen molar-refractivity contribution in [1.29, 1.82) is 0 Å². The zero-order chi connectivity index (χ0) is 49.1. The molecule has 6 saturated carbocycles. The Kier molecular flexibility index (Phi) is 12.6. The number of allylic oxidation sites excluding steroid dienone is 8. The van der Waals surface area contributed by atoms with Crippen molar-refractivity contribution in [1.82, 2.24) is 0 Å².